The molecule has 0 saturated heterocycles. The largest absolute Gasteiger partial charge is 0.497 e. The van der Waals surface area contributed by atoms with Crippen LogP contribution in [-0.4, -0.2) is 23.8 Å². The number of aromatic nitrogens is 1. The van der Waals surface area contributed by atoms with Crippen molar-refractivity contribution < 1.29 is 9.53 Å². The minimum Gasteiger partial charge on any atom is -0.497 e. The highest BCUT2D eigenvalue weighted by molar-refractivity contribution is 8.00. The fourth-order valence-corrected chi connectivity index (χ4v) is 7.13. The van der Waals surface area contributed by atoms with Crippen molar-refractivity contribution in [2.24, 2.45) is 17.8 Å². The zero-order chi connectivity index (χ0) is 21.4. The van der Waals surface area contributed by atoms with Crippen LogP contribution in [0.25, 0.3) is 0 Å². The molecule has 0 spiro atoms. The highest BCUT2D eigenvalue weighted by Crippen LogP contribution is 2.60. The Morgan fingerprint density at radius 3 is 2.35 bits per heavy atom. The van der Waals surface area contributed by atoms with Crippen LogP contribution in [0.15, 0.2) is 41.4 Å². The van der Waals surface area contributed by atoms with Crippen molar-refractivity contribution in [1.82, 2.24) is 4.98 Å². The Balaban J connectivity index is 1.30. The summed E-state index contributed by atoms with van der Waals surface area (Å²) in [5, 5.41) is 13.2. The van der Waals surface area contributed by atoms with Crippen LogP contribution in [0.4, 0.5) is 5.69 Å². The number of ether oxygens (including phenoxy) is 1. The van der Waals surface area contributed by atoms with Gasteiger partial charge in [-0.25, -0.2) is 4.98 Å². The number of thioether (sulfide) groups is 1. The normalized spacial score (nSPS) is 28.2. The Bertz CT molecular complexity index is 993. The van der Waals surface area contributed by atoms with Crippen LogP contribution >= 0.6 is 11.8 Å². The van der Waals surface area contributed by atoms with Gasteiger partial charge in [-0.2, -0.15) is 5.26 Å². The predicted octanol–water partition coefficient (Wildman–Crippen LogP) is 5.16. The van der Waals surface area contributed by atoms with Gasteiger partial charge in [0.15, 0.2) is 0 Å². The van der Waals surface area contributed by atoms with Gasteiger partial charge < -0.3 is 10.1 Å². The van der Waals surface area contributed by atoms with E-state index < -0.39 is 0 Å². The summed E-state index contributed by atoms with van der Waals surface area (Å²) >= 11 is 1.35. The Labute approximate surface area is 187 Å². The summed E-state index contributed by atoms with van der Waals surface area (Å²) in [6, 6.07) is 13.5. The molecule has 4 fully saturated rings. The average molecular weight is 434 g/mol. The molecule has 1 amide bonds. The molecule has 0 radical (unpaired) electrons. The van der Waals surface area contributed by atoms with Gasteiger partial charge >= 0.3 is 0 Å². The maximum atomic E-state index is 12.5. The molecule has 0 aliphatic heterocycles. The minimum absolute atomic E-state index is 0.110. The lowest BCUT2D eigenvalue weighted by Gasteiger charge is -2.56. The van der Waals surface area contributed by atoms with E-state index in [9.17, 15) is 10.1 Å². The van der Waals surface area contributed by atoms with Gasteiger partial charge in [-0.15, -0.1) is 0 Å². The fraction of sp³-hybridized carbons (Fsp3) is 0.480. The van der Waals surface area contributed by atoms with E-state index in [1.165, 1.54) is 50.3 Å². The van der Waals surface area contributed by atoms with Crippen molar-refractivity contribution in [3.63, 3.8) is 0 Å². The molecule has 1 N–H and O–H groups in total. The Morgan fingerprint density at radius 2 is 1.77 bits per heavy atom. The lowest BCUT2D eigenvalue weighted by molar-refractivity contribution is -0.113. The van der Waals surface area contributed by atoms with Crippen LogP contribution in [0.5, 0.6) is 5.75 Å². The van der Waals surface area contributed by atoms with Gasteiger partial charge in [0.2, 0.25) is 5.91 Å². The standard InChI is InChI=1S/C25H27N3O2S/c1-30-21-5-3-20(4-6-21)27-23(29)15-31-24-19(14-26)2-7-22(28-24)25-11-16-8-17(12-25)10-18(9-16)13-25/h2-7,16-18H,8-13,15H2,1H3,(H,27,29). The second-order valence-electron chi connectivity index (χ2n) is 9.42. The van der Waals surface area contributed by atoms with Crippen LogP contribution in [0, 0.1) is 29.1 Å². The SMILES string of the molecule is COc1ccc(NC(=O)CSc2nc(C34CC5CC(CC(C5)C3)C4)ccc2C#N)cc1. The van der Waals surface area contributed by atoms with E-state index in [0.717, 1.165) is 34.9 Å². The highest BCUT2D eigenvalue weighted by atomic mass is 32.2. The molecule has 4 bridgehead atoms. The van der Waals surface area contributed by atoms with Crippen molar-refractivity contribution in [1.29, 1.82) is 5.26 Å². The molecule has 2 aromatic rings. The van der Waals surface area contributed by atoms with Crippen LogP contribution in [0.2, 0.25) is 0 Å². The predicted molar refractivity (Wildman–Crippen MR) is 121 cm³/mol. The van der Waals surface area contributed by atoms with Crippen LogP contribution in [-0.2, 0) is 10.2 Å². The third-order valence-electron chi connectivity index (χ3n) is 7.28. The number of nitrogens with one attached hydrogen (secondary N) is 1. The number of benzene rings is 1. The Kier molecular flexibility index (Phi) is 5.39. The molecule has 4 aliphatic rings. The van der Waals surface area contributed by atoms with Crippen molar-refractivity contribution in [2.45, 2.75) is 49.0 Å². The molecule has 31 heavy (non-hydrogen) atoms. The molecule has 0 atom stereocenters. The van der Waals surface area contributed by atoms with E-state index in [1.54, 1.807) is 7.11 Å². The number of pyridine rings is 1. The molecule has 1 aromatic heterocycles. The molecule has 4 saturated carbocycles. The molecule has 6 heteroatoms. The van der Waals surface area contributed by atoms with E-state index >= 15 is 0 Å². The Morgan fingerprint density at radius 1 is 1.13 bits per heavy atom. The van der Waals surface area contributed by atoms with Gasteiger partial charge in [-0.1, -0.05) is 11.8 Å². The molecule has 0 unspecified atom stereocenters. The second kappa shape index (κ2) is 8.20. The van der Waals surface area contributed by atoms with Gasteiger partial charge in [0, 0.05) is 16.8 Å². The Hall–Kier alpha value is -2.52. The monoisotopic (exact) mass is 433 g/mol. The lowest BCUT2D eigenvalue weighted by Crippen LogP contribution is -2.49. The molecular formula is C25H27N3O2S. The molecule has 160 valence electrons. The van der Waals surface area contributed by atoms with Crippen molar-refractivity contribution in [2.75, 3.05) is 18.2 Å². The van der Waals surface area contributed by atoms with E-state index in [0.29, 0.717) is 10.6 Å². The van der Waals surface area contributed by atoms with Crippen LogP contribution in [0.1, 0.15) is 49.8 Å². The van der Waals surface area contributed by atoms with Gasteiger partial charge in [0.1, 0.15) is 16.8 Å². The van der Waals surface area contributed by atoms with Crippen molar-refractivity contribution in [3.8, 4) is 11.8 Å². The number of carbonyl (C=O) groups is 1. The number of carbonyl (C=O) groups excluding carboxylic acids is 1. The first kappa shape index (κ1) is 20.4. The van der Waals surface area contributed by atoms with Gasteiger partial charge in [-0.05, 0) is 92.7 Å². The van der Waals surface area contributed by atoms with E-state index in [2.05, 4.69) is 17.5 Å². The summed E-state index contributed by atoms with van der Waals surface area (Å²) in [5.74, 6) is 3.39. The first-order chi connectivity index (χ1) is 15.1. The first-order valence-corrected chi connectivity index (χ1v) is 12.0. The summed E-state index contributed by atoms with van der Waals surface area (Å²) in [6.45, 7) is 0. The molecular weight excluding hydrogens is 406 g/mol. The van der Waals surface area contributed by atoms with E-state index in [-0.39, 0.29) is 17.1 Å². The van der Waals surface area contributed by atoms with Crippen molar-refractivity contribution >= 4 is 23.4 Å². The number of rotatable bonds is 6. The number of anilines is 1. The average Bonchev–Trinajstić information content (AvgIpc) is 2.77. The number of nitrogens with zero attached hydrogens (tertiary/aromatic N) is 2. The van der Waals surface area contributed by atoms with Gasteiger partial charge in [0.25, 0.3) is 0 Å². The maximum Gasteiger partial charge on any atom is 0.234 e. The lowest BCUT2D eigenvalue weighted by atomic mass is 9.49. The minimum atomic E-state index is -0.110. The third-order valence-corrected chi connectivity index (χ3v) is 8.27. The zero-order valence-corrected chi connectivity index (χ0v) is 18.6. The molecule has 1 aromatic carbocycles. The number of methoxy groups -OCH3 is 1. The summed E-state index contributed by atoms with van der Waals surface area (Å²) in [5.41, 5.74) is 2.60. The smallest absolute Gasteiger partial charge is 0.234 e. The number of nitriles is 1. The second-order valence-corrected chi connectivity index (χ2v) is 10.4. The zero-order valence-electron chi connectivity index (χ0n) is 17.8. The summed E-state index contributed by atoms with van der Waals surface area (Å²) in [4.78, 5) is 17.5. The van der Waals surface area contributed by atoms with Crippen LogP contribution < -0.4 is 10.1 Å². The maximum absolute atomic E-state index is 12.5. The quantitative estimate of drug-likeness (QED) is 0.637. The van der Waals surface area contributed by atoms with Gasteiger partial charge in [0.05, 0.1) is 18.4 Å². The van der Waals surface area contributed by atoms with E-state index in [1.807, 2.05) is 30.3 Å². The number of hydrogen-bond acceptors (Lipinski definition) is 5. The summed E-state index contributed by atoms with van der Waals surface area (Å²) in [7, 11) is 1.61. The highest BCUT2D eigenvalue weighted by Gasteiger charge is 2.52. The first-order valence-electron chi connectivity index (χ1n) is 11.1. The molecule has 4 aliphatic carbocycles. The molecule has 6 rings (SSSR count). The molecule has 5 nitrogen and oxygen atoms in total. The topological polar surface area (TPSA) is 75.0 Å². The van der Waals surface area contributed by atoms with Crippen molar-refractivity contribution in [3.05, 3.63) is 47.7 Å². The number of amides is 1. The summed E-state index contributed by atoms with van der Waals surface area (Å²) < 4.78 is 5.15. The van der Waals surface area contributed by atoms with Crippen LogP contribution in [0.3, 0.4) is 0 Å². The molecule has 1 heterocycles. The van der Waals surface area contributed by atoms with E-state index in [4.69, 9.17) is 9.72 Å². The van der Waals surface area contributed by atoms with Gasteiger partial charge in [-0.3, -0.25) is 4.79 Å². The third kappa shape index (κ3) is 4.04. The summed E-state index contributed by atoms with van der Waals surface area (Å²) in [6.07, 6.45) is 7.88. The fourth-order valence-electron chi connectivity index (χ4n) is 6.36. The number of hydrogen-bond donors (Lipinski definition) is 1.